The van der Waals surface area contributed by atoms with Crippen LogP contribution in [0, 0.1) is 0 Å². The summed E-state index contributed by atoms with van der Waals surface area (Å²) in [5.74, 6) is -1.74. The van der Waals surface area contributed by atoms with Crippen molar-refractivity contribution in [3.8, 4) is 0 Å². The van der Waals surface area contributed by atoms with Gasteiger partial charge in [-0.25, -0.2) is 17.9 Å². The third-order valence-corrected chi connectivity index (χ3v) is 4.30. The van der Waals surface area contributed by atoms with Gasteiger partial charge in [-0.2, -0.15) is 0 Å². The fraction of sp³-hybridized carbons (Fsp3) is 0.444. The molecule has 96 valence electrons. The van der Waals surface area contributed by atoms with Gasteiger partial charge in [0.1, 0.15) is 4.90 Å². The molecule has 1 rings (SSSR count). The summed E-state index contributed by atoms with van der Waals surface area (Å²) in [6.45, 7) is 2.24. The molecule has 2 N–H and O–H groups in total. The zero-order chi connectivity index (χ0) is 13.1. The molecule has 0 aliphatic carbocycles. The average Bonchev–Trinajstić information content (AvgIpc) is 2.61. The van der Waals surface area contributed by atoms with Crippen molar-refractivity contribution in [1.82, 2.24) is 4.72 Å². The van der Waals surface area contributed by atoms with Crippen molar-refractivity contribution in [2.45, 2.75) is 24.7 Å². The van der Waals surface area contributed by atoms with E-state index in [1.165, 1.54) is 0 Å². The first-order valence-electron chi connectivity index (χ1n) is 4.90. The highest BCUT2D eigenvalue weighted by atomic mass is 79.9. The van der Waals surface area contributed by atoms with Crippen LogP contribution in [0.3, 0.4) is 0 Å². The third kappa shape index (κ3) is 3.55. The summed E-state index contributed by atoms with van der Waals surface area (Å²) >= 11 is 2.88. The van der Waals surface area contributed by atoms with Crippen LogP contribution in [0.4, 0.5) is 0 Å². The van der Waals surface area contributed by atoms with E-state index < -0.39 is 21.8 Å². The van der Waals surface area contributed by atoms with Crippen LogP contribution >= 0.6 is 15.9 Å². The summed E-state index contributed by atoms with van der Waals surface area (Å²) in [4.78, 5) is 10.4. The highest BCUT2D eigenvalue weighted by Crippen LogP contribution is 2.25. The molecule has 0 radical (unpaired) electrons. The first-order chi connectivity index (χ1) is 7.88. The van der Waals surface area contributed by atoms with Crippen molar-refractivity contribution in [3.63, 3.8) is 0 Å². The molecule has 0 saturated carbocycles. The van der Waals surface area contributed by atoms with Crippen molar-refractivity contribution in [3.05, 3.63) is 16.5 Å². The first-order valence-corrected chi connectivity index (χ1v) is 7.18. The zero-order valence-corrected chi connectivity index (χ0v) is 11.5. The number of nitrogens with one attached hydrogen (secondary N) is 1. The molecule has 8 heteroatoms. The topological polar surface area (TPSA) is 96.6 Å². The summed E-state index contributed by atoms with van der Waals surface area (Å²) in [7, 11) is -3.73. The molecule has 0 aromatic carbocycles. The van der Waals surface area contributed by atoms with Crippen LogP contribution in [0.2, 0.25) is 0 Å². The molecule has 1 aromatic rings. The van der Waals surface area contributed by atoms with Crippen LogP contribution in [0.15, 0.2) is 20.0 Å². The molecule has 0 atom stereocenters. The van der Waals surface area contributed by atoms with E-state index in [2.05, 4.69) is 20.7 Å². The fourth-order valence-electron chi connectivity index (χ4n) is 1.10. The van der Waals surface area contributed by atoms with E-state index >= 15 is 0 Å². The number of carboxylic acid groups (broad SMARTS) is 1. The lowest BCUT2D eigenvalue weighted by atomic mass is 10.3. The van der Waals surface area contributed by atoms with Crippen LogP contribution in [-0.2, 0) is 10.0 Å². The number of halogens is 1. The van der Waals surface area contributed by atoms with Crippen molar-refractivity contribution < 1.29 is 22.7 Å². The second kappa shape index (κ2) is 5.65. The largest absolute Gasteiger partial charge is 0.475 e. The van der Waals surface area contributed by atoms with Crippen LogP contribution in [-0.4, -0.2) is 26.0 Å². The molecule has 0 fully saturated rings. The van der Waals surface area contributed by atoms with Gasteiger partial charge in [0.05, 0.1) is 0 Å². The Morgan fingerprint density at radius 1 is 1.59 bits per heavy atom. The molecule has 6 nitrogen and oxygen atoms in total. The van der Waals surface area contributed by atoms with Crippen molar-refractivity contribution in [2.75, 3.05) is 6.54 Å². The van der Waals surface area contributed by atoms with Crippen molar-refractivity contribution >= 4 is 31.9 Å². The van der Waals surface area contributed by atoms with Gasteiger partial charge in [0, 0.05) is 12.6 Å². The Labute approximate surface area is 107 Å². The maximum Gasteiger partial charge on any atom is 0.371 e. The maximum absolute atomic E-state index is 11.8. The molecule has 0 bridgehead atoms. The second-order valence-electron chi connectivity index (χ2n) is 3.31. The monoisotopic (exact) mass is 325 g/mol. The summed E-state index contributed by atoms with van der Waals surface area (Å²) in [5, 5.41) is 8.67. The quantitative estimate of drug-likeness (QED) is 0.777. The van der Waals surface area contributed by atoms with Crippen molar-refractivity contribution in [2.24, 2.45) is 0 Å². The molecule has 17 heavy (non-hydrogen) atoms. The Kier molecular flexibility index (Phi) is 4.72. The standard InChI is InChI=1S/C9H12BrNO5S/c1-2-3-4-11-17(14,15)7-5-6(9(12)13)16-8(7)10/h5,11H,2-4H2,1H3,(H,12,13). The highest BCUT2D eigenvalue weighted by Gasteiger charge is 2.24. The van der Waals surface area contributed by atoms with E-state index in [1.807, 2.05) is 6.92 Å². The third-order valence-electron chi connectivity index (χ3n) is 1.98. The van der Waals surface area contributed by atoms with E-state index in [0.29, 0.717) is 13.0 Å². The predicted octanol–water partition coefficient (Wildman–Crippen LogP) is 1.82. The van der Waals surface area contributed by atoms with Gasteiger partial charge < -0.3 is 9.52 Å². The van der Waals surface area contributed by atoms with Gasteiger partial charge in [-0.1, -0.05) is 13.3 Å². The van der Waals surface area contributed by atoms with Gasteiger partial charge in [-0.3, -0.25) is 0 Å². The molecule has 0 unspecified atom stereocenters. The number of carbonyl (C=O) groups is 1. The van der Waals surface area contributed by atoms with Crippen LogP contribution in [0.25, 0.3) is 0 Å². The van der Waals surface area contributed by atoms with Gasteiger partial charge in [-0.05, 0) is 22.4 Å². The molecule has 0 aliphatic heterocycles. The number of sulfonamides is 1. The Balaban J connectivity index is 2.95. The minimum Gasteiger partial charge on any atom is -0.475 e. The first kappa shape index (κ1) is 14.2. The summed E-state index contributed by atoms with van der Waals surface area (Å²) in [6, 6.07) is 0.973. The number of furan rings is 1. The normalized spacial score (nSPS) is 11.6. The van der Waals surface area contributed by atoms with E-state index in [0.717, 1.165) is 12.5 Å². The molecule has 1 aromatic heterocycles. The molecule has 0 saturated heterocycles. The Hall–Kier alpha value is -0.860. The fourth-order valence-corrected chi connectivity index (χ4v) is 3.11. The molecule has 0 aliphatic rings. The molecule has 1 heterocycles. The second-order valence-corrected chi connectivity index (χ2v) is 5.76. The number of aromatic carboxylic acids is 1. The van der Waals surface area contributed by atoms with E-state index in [1.54, 1.807) is 0 Å². The van der Waals surface area contributed by atoms with E-state index in [-0.39, 0.29) is 9.56 Å². The number of hydrogen-bond donors (Lipinski definition) is 2. The molecule has 0 spiro atoms. The number of carboxylic acids is 1. The Morgan fingerprint density at radius 3 is 2.71 bits per heavy atom. The van der Waals surface area contributed by atoms with Gasteiger partial charge >= 0.3 is 5.97 Å². The number of unbranched alkanes of at least 4 members (excludes halogenated alkanes) is 1. The maximum atomic E-state index is 11.8. The number of hydrogen-bond acceptors (Lipinski definition) is 4. The van der Waals surface area contributed by atoms with Gasteiger partial charge in [0.25, 0.3) is 0 Å². The minimum atomic E-state index is -3.73. The lowest BCUT2D eigenvalue weighted by Gasteiger charge is -2.03. The van der Waals surface area contributed by atoms with Gasteiger partial charge in [-0.15, -0.1) is 0 Å². The van der Waals surface area contributed by atoms with E-state index in [9.17, 15) is 13.2 Å². The highest BCUT2D eigenvalue weighted by molar-refractivity contribution is 9.10. The average molecular weight is 326 g/mol. The molecular weight excluding hydrogens is 314 g/mol. The Morgan fingerprint density at radius 2 is 2.24 bits per heavy atom. The molecular formula is C9H12BrNO5S. The van der Waals surface area contributed by atoms with Gasteiger partial charge in [0.2, 0.25) is 15.8 Å². The lowest BCUT2D eigenvalue weighted by molar-refractivity contribution is 0.0661. The SMILES string of the molecule is CCCCNS(=O)(=O)c1cc(C(=O)O)oc1Br. The summed E-state index contributed by atoms with van der Waals surface area (Å²) in [6.07, 6.45) is 1.57. The minimum absolute atomic E-state index is 0.112. The predicted molar refractivity (Wildman–Crippen MR) is 63.5 cm³/mol. The van der Waals surface area contributed by atoms with Crippen LogP contribution in [0.5, 0.6) is 0 Å². The summed E-state index contributed by atoms with van der Waals surface area (Å²) in [5.41, 5.74) is 0. The van der Waals surface area contributed by atoms with Crippen molar-refractivity contribution in [1.29, 1.82) is 0 Å². The zero-order valence-electron chi connectivity index (χ0n) is 9.07. The molecule has 0 amide bonds. The van der Waals surface area contributed by atoms with Crippen LogP contribution < -0.4 is 4.72 Å². The van der Waals surface area contributed by atoms with Gasteiger partial charge in [0.15, 0.2) is 4.67 Å². The summed E-state index contributed by atoms with van der Waals surface area (Å²) < 4.78 is 30.6. The number of rotatable bonds is 6. The van der Waals surface area contributed by atoms with Crippen LogP contribution in [0.1, 0.15) is 30.3 Å². The smallest absolute Gasteiger partial charge is 0.371 e. The lowest BCUT2D eigenvalue weighted by Crippen LogP contribution is -2.24. The van der Waals surface area contributed by atoms with E-state index in [4.69, 9.17) is 9.52 Å². The Bertz CT molecular complexity index is 507.